The Morgan fingerprint density at radius 3 is 1.89 bits per heavy atom. The quantitative estimate of drug-likeness (QED) is 0.867. The fourth-order valence-electron chi connectivity index (χ4n) is 1.64. The molecule has 0 saturated carbocycles. The van der Waals surface area contributed by atoms with Gasteiger partial charge in [-0.1, -0.05) is 24.3 Å². The van der Waals surface area contributed by atoms with E-state index in [0.29, 0.717) is 0 Å². The van der Waals surface area contributed by atoms with Crippen LogP contribution < -0.4 is 0 Å². The first-order chi connectivity index (χ1) is 8.58. The smallest absolute Gasteiger partial charge is 0.335 e. The van der Waals surface area contributed by atoms with Crippen molar-refractivity contribution in [1.82, 2.24) is 0 Å². The lowest BCUT2D eigenvalue weighted by Crippen LogP contribution is -1.96. The predicted molar refractivity (Wildman–Crippen MR) is 65.8 cm³/mol. The zero-order chi connectivity index (χ0) is 13.1. The van der Waals surface area contributed by atoms with Gasteiger partial charge in [-0.15, -0.1) is 0 Å². The van der Waals surface area contributed by atoms with Crippen LogP contribution in [0.25, 0.3) is 11.1 Å². The summed E-state index contributed by atoms with van der Waals surface area (Å²) in [7, 11) is 0. The Hall–Kier alpha value is -2.62. The number of carboxylic acid groups (broad SMARTS) is 2. The highest BCUT2D eigenvalue weighted by Crippen LogP contribution is 2.21. The summed E-state index contributed by atoms with van der Waals surface area (Å²) in [5.74, 6) is -1.97. The van der Waals surface area contributed by atoms with Crippen molar-refractivity contribution in [3.05, 3.63) is 59.7 Å². The average Bonchev–Trinajstić information content (AvgIpc) is 2.39. The van der Waals surface area contributed by atoms with Gasteiger partial charge in [0.2, 0.25) is 0 Å². The summed E-state index contributed by atoms with van der Waals surface area (Å²) in [6.07, 6.45) is 0. The monoisotopic (exact) mass is 242 g/mol. The van der Waals surface area contributed by atoms with Gasteiger partial charge in [0, 0.05) is 0 Å². The molecule has 2 aromatic carbocycles. The number of benzene rings is 2. The normalized spacial score (nSPS) is 10.0. The van der Waals surface area contributed by atoms with Gasteiger partial charge in [-0.25, -0.2) is 9.59 Å². The topological polar surface area (TPSA) is 74.6 Å². The van der Waals surface area contributed by atoms with Crippen molar-refractivity contribution in [2.45, 2.75) is 0 Å². The Balaban J connectivity index is 2.39. The first-order valence-corrected chi connectivity index (χ1v) is 5.25. The third kappa shape index (κ3) is 2.38. The standard InChI is InChI=1S/C14H10O4/c15-13(16)10-6-4-9(5-7-10)11-2-1-3-12(8-11)14(17)18/h1-8H,(H,15,16)(H,17,18). The minimum absolute atomic E-state index is 0.202. The molecule has 18 heavy (non-hydrogen) atoms. The fraction of sp³-hybridized carbons (Fsp3) is 0. The summed E-state index contributed by atoms with van der Waals surface area (Å²) in [6, 6.07) is 12.8. The molecule has 0 aromatic heterocycles. The van der Waals surface area contributed by atoms with Crippen molar-refractivity contribution in [3.63, 3.8) is 0 Å². The highest BCUT2D eigenvalue weighted by molar-refractivity contribution is 5.90. The predicted octanol–water partition coefficient (Wildman–Crippen LogP) is 2.75. The third-order valence-electron chi connectivity index (χ3n) is 2.57. The maximum atomic E-state index is 10.9. The van der Waals surface area contributed by atoms with E-state index in [0.717, 1.165) is 11.1 Å². The molecule has 2 N–H and O–H groups in total. The highest BCUT2D eigenvalue weighted by Gasteiger charge is 2.06. The highest BCUT2D eigenvalue weighted by atomic mass is 16.4. The number of aromatic carboxylic acids is 2. The van der Waals surface area contributed by atoms with Crippen molar-refractivity contribution in [3.8, 4) is 11.1 Å². The van der Waals surface area contributed by atoms with E-state index < -0.39 is 11.9 Å². The molecule has 0 aliphatic carbocycles. The molecule has 0 saturated heterocycles. The molecule has 2 rings (SSSR count). The van der Waals surface area contributed by atoms with Gasteiger partial charge in [0.25, 0.3) is 0 Å². The SMILES string of the molecule is O=C(O)c1ccc(-c2cccc(C(=O)O)c2)cc1. The van der Waals surface area contributed by atoms with Crippen LogP contribution in [0.5, 0.6) is 0 Å². The maximum Gasteiger partial charge on any atom is 0.335 e. The molecule has 0 radical (unpaired) electrons. The van der Waals surface area contributed by atoms with Crippen LogP contribution >= 0.6 is 0 Å². The molecule has 0 bridgehead atoms. The molecule has 0 spiro atoms. The van der Waals surface area contributed by atoms with Crippen LogP contribution in [0.2, 0.25) is 0 Å². The van der Waals surface area contributed by atoms with Crippen LogP contribution in [0.3, 0.4) is 0 Å². The van der Waals surface area contributed by atoms with Crippen LogP contribution in [0.4, 0.5) is 0 Å². The van der Waals surface area contributed by atoms with Gasteiger partial charge in [-0.05, 0) is 35.4 Å². The number of hydrogen-bond donors (Lipinski definition) is 2. The van der Waals surface area contributed by atoms with Crippen molar-refractivity contribution in [2.75, 3.05) is 0 Å². The zero-order valence-electron chi connectivity index (χ0n) is 9.33. The maximum absolute atomic E-state index is 10.9. The van der Waals surface area contributed by atoms with Gasteiger partial charge >= 0.3 is 11.9 Å². The lowest BCUT2D eigenvalue weighted by molar-refractivity contribution is 0.0686. The second kappa shape index (κ2) is 4.71. The third-order valence-corrected chi connectivity index (χ3v) is 2.57. The van der Waals surface area contributed by atoms with Gasteiger partial charge in [0.05, 0.1) is 11.1 Å². The van der Waals surface area contributed by atoms with Crippen molar-refractivity contribution in [2.24, 2.45) is 0 Å². The largest absolute Gasteiger partial charge is 0.478 e. The van der Waals surface area contributed by atoms with Crippen molar-refractivity contribution >= 4 is 11.9 Å². The summed E-state index contributed by atoms with van der Waals surface area (Å²) in [5.41, 5.74) is 1.93. The number of hydrogen-bond acceptors (Lipinski definition) is 2. The first kappa shape index (κ1) is 11.9. The Morgan fingerprint density at radius 2 is 1.33 bits per heavy atom. The Bertz CT molecular complexity index is 599. The number of carboxylic acids is 2. The van der Waals surface area contributed by atoms with E-state index >= 15 is 0 Å². The van der Waals surface area contributed by atoms with Gasteiger partial charge < -0.3 is 10.2 Å². The first-order valence-electron chi connectivity index (χ1n) is 5.25. The van der Waals surface area contributed by atoms with Crippen LogP contribution in [-0.2, 0) is 0 Å². The van der Waals surface area contributed by atoms with E-state index in [9.17, 15) is 9.59 Å². The van der Waals surface area contributed by atoms with E-state index in [1.165, 1.54) is 18.2 Å². The molecule has 2 aromatic rings. The second-order valence-corrected chi connectivity index (χ2v) is 3.77. The van der Waals surface area contributed by atoms with Gasteiger partial charge in [0.15, 0.2) is 0 Å². The van der Waals surface area contributed by atoms with E-state index in [4.69, 9.17) is 10.2 Å². The van der Waals surface area contributed by atoms with E-state index in [1.54, 1.807) is 30.3 Å². The van der Waals surface area contributed by atoms with E-state index in [1.807, 2.05) is 0 Å². The minimum Gasteiger partial charge on any atom is -0.478 e. The summed E-state index contributed by atoms with van der Waals surface area (Å²) in [5, 5.41) is 17.7. The fourth-order valence-corrected chi connectivity index (χ4v) is 1.64. The second-order valence-electron chi connectivity index (χ2n) is 3.77. The molecular weight excluding hydrogens is 232 g/mol. The van der Waals surface area contributed by atoms with Gasteiger partial charge in [-0.2, -0.15) is 0 Å². The lowest BCUT2D eigenvalue weighted by atomic mass is 10.0. The van der Waals surface area contributed by atoms with Gasteiger partial charge in [0.1, 0.15) is 0 Å². The Labute approximate surface area is 103 Å². The summed E-state index contributed by atoms with van der Waals surface area (Å²) in [6.45, 7) is 0. The van der Waals surface area contributed by atoms with E-state index in [2.05, 4.69) is 0 Å². The molecule has 4 nitrogen and oxygen atoms in total. The molecule has 0 aliphatic heterocycles. The van der Waals surface area contributed by atoms with Crippen LogP contribution in [-0.4, -0.2) is 22.2 Å². The van der Waals surface area contributed by atoms with Crippen LogP contribution in [0, 0.1) is 0 Å². The Kier molecular flexibility index (Phi) is 3.10. The molecule has 90 valence electrons. The molecule has 0 heterocycles. The molecule has 0 amide bonds. The van der Waals surface area contributed by atoms with Crippen LogP contribution in [0.1, 0.15) is 20.7 Å². The summed E-state index contributed by atoms with van der Waals surface area (Å²) < 4.78 is 0. The molecule has 0 aliphatic rings. The van der Waals surface area contributed by atoms with Gasteiger partial charge in [-0.3, -0.25) is 0 Å². The molecule has 0 fully saturated rings. The minimum atomic E-state index is -0.987. The summed E-state index contributed by atoms with van der Waals surface area (Å²) >= 11 is 0. The lowest BCUT2D eigenvalue weighted by Gasteiger charge is -2.03. The molecule has 0 atom stereocenters. The number of carbonyl (C=O) groups is 2. The average molecular weight is 242 g/mol. The zero-order valence-corrected chi connectivity index (χ0v) is 9.33. The Morgan fingerprint density at radius 1 is 0.722 bits per heavy atom. The van der Waals surface area contributed by atoms with E-state index in [-0.39, 0.29) is 11.1 Å². The number of rotatable bonds is 3. The van der Waals surface area contributed by atoms with Crippen molar-refractivity contribution in [1.29, 1.82) is 0 Å². The molecule has 4 heteroatoms. The molecular formula is C14H10O4. The van der Waals surface area contributed by atoms with Crippen molar-refractivity contribution < 1.29 is 19.8 Å². The molecule has 0 unspecified atom stereocenters. The summed E-state index contributed by atoms with van der Waals surface area (Å²) in [4.78, 5) is 21.6. The van der Waals surface area contributed by atoms with Crippen LogP contribution in [0.15, 0.2) is 48.5 Å².